The second kappa shape index (κ2) is 64.4. The van der Waals surface area contributed by atoms with E-state index in [1.807, 2.05) is 6.08 Å². The van der Waals surface area contributed by atoms with Crippen molar-refractivity contribution in [2.24, 2.45) is 0 Å². The first-order chi connectivity index (χ1) is 44.2. The van der Waals surface area contributed by atoms with Crippen LogP contribution in [0.3, 0.4) is 0 Å². The molecule has 8 atom stereocenters. The Morgan fingerprint density at radius 2 is 0.800 bits per heavy atom. The molecule has 1 fully saturated rings. The van der Waals surface area contributed by atoms with Crippen molar-refractivity contribution in [1.29, 1.82) is 0 Å². The number of carbonyl (C=O) groups is 2. The van der Waals surface area contributed by atoms with Gasteiger partial charge in [0.05, 0.1) is 25.4 Å². The highest BCUT2D eigenvalue weighted by Gasteiger charge is 2.47. The second-order valence-corrected chi connectivity index (χ2v) is 23.9. The largest absolute Gasteiger partial charge is 0.454 e. The van der Waals surface area contributed by atoms with E-state index in [0.29, 0.717) is 12.8 Å². The third-order valence-corrected chi connectivity index (χ3v) is 15.7. The molecule has 0 aliphatic carbocycles. The molecule has 0 saturated carbocycles. The van der Waals surface area contributed by atoms with Crippen LogP contribution >= 0.6 is 0 Å². The van der Waals surface area contributed by atoms with Gasteiger partial charge >= 0.3 is 5.97 Å². The van der Waals surface area contributed by atoms with Crippen LogP contribution in [0.15, 0.2) is 158 Å². The lowest BCUT2D eigenvalue weighted by molar-refractivity contribution is -0.305. The van der Waals surface area contributed by atoms with Crippen LogP contribution in [0.25, 0.3) is 0 Å². The Morgan fingerprint density at radius 3 is 1.20 bits per heavy atom. The van der Waals surface area contributed by atoms with Gasteiger partial charge in [-0.15, -0.1) is 0 Å². The maximum absolute atomic E-state index is 13.5. The maximum atomic E-state index is 13.5. The zero-order chi connectivity index (χ0) is 65.3. The minimum Gasteiger partial charge on any atom is -0.454 e. The monoisotopic (exact) mass is 1250 g/mol. The molecule has 90 heavy (non-hydrogen) atoms. The fourth-order valence-electron chi connectivity index (χ4n) is 10.1. The summed E-state index contributed by atoms with van der Waals surface area (Å²) in [6.07, 6.45) is 84.1. The lowest BCUT2D eigenvalue weighted by atomic mass is 9.99. The van der Waals surface area contributed by atoms with Crippen molar-refractivity contribution in [1.82, 2.24) is 5.32 Å². The molecule has 1 amide bonds. The van der Waals surface area contributed by atoms with Gasteiger partial charge in [0.2, 0.25) is 5.91 Å². The summed E-state index contributed by atoms with van der Waals surface area (Å²) < 4.78 is 17.7. The molecule has 11 nitrogen and oxygen atoms in total. The summed E-state index contributed by atoms with van der Waals surface area (Å²) in [5.41, 5.74) is 0. The number of allylic oxidation sites excluding steroid dienone is 25. The first-order valence-corrected chi connectivity index (χ1v) is 35.8. The van der Waals surface area contributed by atoms with Gasteiger partial charge in [0, 0.05) is 6.42 Å². The van der Waals surface area contributed by atoms with E-state index in [2.05, 4.69) is 172 Å². The number of hydrogen-bond donors (Lipinski definition) is 6. The summed E-state index contributed by atoms with van der Waals surface area (Å²) in [6, 6.07) is -1.05. The zero-order valence-electron chi connectivity index (χ0n) is 56.7. The van der Waals surface area contributed by atoms with Crippen LogP contribution in [0, 0.1) is 0 Å². The van der Waals surface area contributed by atoms with Crippen LogP contribution < -0.4 is 5.32 Å². The van der Waals surface area contributed by atoms with E-state index >= 15 is 0 Å². The SMILES string of the molecule is CC/C=C\C/C=C\C/C=C\C/C=C\C/C=C\C/C=C\CCCCCCCCCC(O)C(=O)NC(COC1OC(CO)C(O)C(O)C1OC(=O)CCCCCC/C=C\C/C=C\C/C=C\C/C=C\C/C=C\C/C=C\CC)C(O)/C=C/CCCCCCCCCCCC. The number of esters is 1. The lowest BCUT2D eigenvalue weighted by Gasteiger charge is -2.41. The van der Waals surface area contributed by atoms with E-state index in [-0.39, 0.29) is 19.4 Å². The van der Waals surface area contributed by atoms with E-state index in [9.17, 15) is 35.1 Å². The molecule has 0 spiro atoms. The first kappa shape index (κ1) is 83.3. The number of rotatable bonds is 59. The topological polar surface area (TPSA) is 175 Å². The predicted molar refractivity (Wildman–Crippen MR) is 379 cm³/mol. The summed E-state index contributed by atoms with van der Waals surface area (Å²) in [6.45, 7) is 5.54. The van der Waals surface area contributed by atoms with Gasteiger partial charge < -0.3 is 45.1 Å². The predicted octanol–water partition coefficient (Wildman–Crippen LogP) is 18.7. The van der Waals surface area contributed by atoms with Crippen LogP contribution in [-0.2, 0) is 23.8 Å². The molecule has 1 aliphatic heterocycles. The number of ether oxygens (including phenoxy) is 3. The van der Waals surface area contributed by atoms with Crippen molar-refractivity contribution in [3.05, 3.63) is 158 Å². The third-order valence-electron chi connectivity index (χ3n) is 15.7. The molecule has 0 aromatic heterocycles. The summed E-state index contributed by atoms with van der Waals surface area (Å²) in [4.78, 5) is 26.7. The fraction of sp³-hybridized carbons (Fsp3) is 0.646. The minimum atomic E-state index is -1.64. The van der Waals surface area contributed by atoms with Gasteiger partial charge in [-0.05, 0) is 128 Å². The average molecular weight is 1250 g/mol. The van der Waals surface area contributed by atoms with Gasteiger partial charge in [-0.2, -0.15) is 0 Å². The number of amides is 1. The van der Waals surface area contributed by atoms with Gasteiger partial charge in [-0.3, -0.25) is 9.59 Å². The van der Waals surface area contributed by atoms with Gasteiger partial charge in [0.1, 0.15) is 24.4 Å². The Labute approximate surface area is 548 Å². The Morgan fingerprint density at radius 1 is 0.444 bits per heavy atom. The van der Waals surface area contributed by atoms with Crippen molar-refractivity contribution < 1.29 is 49.3 Å². The normalized spacial score (nSPS) is 19.0. The van der Waals surface area contributed by atoms with Gasteiger partial charge in [0.25, 0.3) is 0 Å². The molecular formula is C79H129NO10. The van der Waals surface area contributed by atoms with Crippen molar-refractivity contribution in [3.8, 4) is 0 Å². The lowest BCUT2D eigenvalue weighted by Crippen LogP contribution is -2.61. The molecule has 0 aromatic rings. The van der Waals surface area contributed by atoms with Crippen molar-refractivity contribution in [3.63, 3.8) is 0 Å². The number of unbranched alkanes of at least 4 members (excludes halogenated alkanes) is 21. The summed E-state index contributed by atoms with van der Waals surface area (Å²) >= 11 is 0. The quantitative estimate of drug-likeness (QED) is 0.0195. The third kappa shape index (κ3) is 50.9. The fourth-order valence-corrected chi connectivity index (χ4v) is 10.1. The summed E-state index contributed by atoms with van der Waals surface area (Å²) in [7, 11) is 0. The van der Waals surface area contributed by atoms with Gasteiger partial charge in [0.15, 0.2) is 12.4 Å². The number of carbonyl (C=O) groups excluding carboxylic acids is 2. The molecular weight excluding hydrogens is 1120 g/mol. The molecule has 1 heterocycles. The van der Waals surface area contributed by atoms with Crippen LogP contribution in [0.1, 0.15) is 265 Å². The van der Waals surface area contributed by atoms with Crippen molar-refractivity contribution >= 4 is 11.9 Å². The highest BCUT2D eigenvalue weighted by atomic mass is 16.7. The van der Waals surface area contributed by atoms with E-state index in [4.69, 9.17) is 14.2 Å². The van der Waals surface area contributed by atoms with Crippen molar-refractivity contribution in [2.75, 3.05) is 13.2 Å². The highest BCUT2D eigenvalue weighted by Crippen LogP contribution is 2.26. The Kier molecular flexibility index (Phi) is 59.6. The molecule has 11 heteroatoms. The molecule has 6 N–H and O–H groups in total. The number of aliphatic hydroxyl groups excluding tert-OH is 5. The summed E-state index contributed by atoms with van der Waals surface area (Å²) in [5, 5.41) is 57.3. The van der Waals surface area contributed by atoms with E-state index in [1.54, 1.807) is 6.08 Å². The van der Waals surface area contributed by atoms with E-state index < -0.39 is 67.4 Å². The zero-order valence-corrected chi connectivity index (χ0v) is 56.7. The average Bonchev–Trinajstić information content (AvgIpc) is 1.11. The van der Waals surface area contributed by atoms with Gasteiger partial charge in [-0.1, -0.05) is 288 Å². The Balaban J connectivity index is 2.62. The Hall–Kier alpha value is -4.72. The van der Waals surface area contributed by atoms with E-state index in [0.717, 1.165) is 167 Å². The minimum absolute atomic E-state index is 0.0836. The maximum Gasteiger partial charge on any atom is 0.306 e. The molecule has 1 aliphatic rings. The first-order valence-electron chi connectivity index (χ1n) is 35.8. The van der Waals surface area contributed by atoms with Crippen LogP contribution in [0.2, 0.25) is 0 Å². The highest BCUT2D eigenvalue weighted by molar-refractivity contribution is 5.80. The molecule has 510 valence electrons. The number of hydrogen-bond acceptors (Lipinski definition) is 10. The van der Waals surface area contributed by atoms with Crippen LogP contribution in [0.4, 0.5) is 0 Å². The number of nitrogens with one attached hydrogen (secondary N) is 1. The van der Waals surface area contributed by atoms with Crippen molar-refractivity contribution in [2.45, 2.75) is 314 Å². The molecule has 1 rings (SSSR count). The summed E-state index contributed by atoms with van der Waals surface area (Å²) in [5.74, 6) is -1.24. The van der Waals surface area contributed by atoms with E-state index in [1.165, 1.54) is 51.4 Å². The molecule has 0 radical (unpaired) electrons. The molecule has 0 bridgehead atoms. The van der Waals surface area contributed by atoms with Gasteiger partial charge in [-0.25, -0.2) is 0 Å². The second-order valence-electron chi connectivity index (χ2n) is 23.9. The Bertz CT molecular complexity index is 2080. The molecule has 0 aromatic carbocycles. The molecule has 8 unspecified atom stereocenters. The van der Waals surface area contributed by atoms with Crippen LogP contribution in [-0.4, -0.2) is 99.6 Å². The van der Waals surface area contributed by atoms with Crippen LogP contribution in [0.5, 0.6) is 0 Å². The standard InChI is InChI=1S/C79H129NO10/c1-4-7-10-13-16-19-22-25-27-29-31-33-35-36-37-39-40-42-44-46-48-51-54-57-60-63-66-72(83)78(87)80-70(71(82)65-62-59-56-53-50-24-21-18-15-12-9-6-3)69-88-79-77(76(86)75(85)73(68-81)89-79)90-74(84)67-64-61-58-55-52-49-47-45-43-41-38-34-32-30-28-26-23-20-17-14-11-8-5-2/h7-8,10-11,16-17,19-20,25-28,31-34,36-37,40-43,47,49,62,65,70-73,75-77,79,81-83,85-86H,4-6,9,12-15,18,21-24,29-30,35,38-39,44-46,48,50-61,63-64,66-69H2,1-3H3,(H,80,87)/b10-7-,11-8-,19-16-,20-17-,27-25-,28-26-,33-31-,34-32-,37-36-,42-40-,43-41-,49-47-,65-62+. The smallest absolute Gasteiger partial charge is 0.306 e. The number of aliphatic hydroxyl groups is 5. The molecule has 1 saturated heterocycles.